The normalized spacial score (nSPS) is 15.3. The fraction of sp³-hybridized carbons (Fsp3) is 0.214. The summed E-state index contributed by atoms with van der Waals surface area (Å²) in [6.07, 6.45) is 0.535. The highest BCUT2D eigenvalue weighted by Crippen LogP contribution is 2.44. The summed E-state index contributed by atoms with van der Waals surface area (Å²) in [6, 6.07) is 20.6. The molecule has 0 spiro atoms. The Bertz CT molecular complexity index is 1390. The summed E-state index contributed by atoms with van der Waals surface area (Å²) in [4.78, 5) is 56.0. The molecular formula is C28H24N2O7S. The minimum absolute atomic E-state index is 0.0275. The van der Waals surface area contributed by atoms with Crippen molar-refractivity contribution in [3.05, 3.63) is 95.1 Å². The Morgan fingerprint density at radius 1 is 0.868 bits per heavy atom. The Labute approximate surface area is 221 Å². The van der Waals surface area contributed by atoms with Crippen molar-refractivity contribution in [1.82, 2.24) is 10.4 Å². The predicted molar refractivity (Wildman–Crippen MR) is 139 cm³/mol. The van der Waals surface area contributed by atoms with Gasteiger partial charge in [-0.05, 0) is 40.8 Å². The summed E-state index contributed by atoms with van der Waals surface area (Å²) in [7, 11) is -1.27. The molecule has 9 nitrogen and oxygen atoms in total. The first-order valence-electron chi connectivity index (χ1n) is 12.0. The maximum absolute atomic E-state index is 12.9. The molecule has 0 aromatic heterocycles. The van der Waals surface area contributed by atoms with Crippen molar-refractivity contribution in [3.8, 4) is 11.1 Å². The van der Waals surface area contributed by atoms with Crippen LogP contribution in [-0.4, -0.2) is 57.8 Å². The van der Waals surface area contributed by atoms with Gasteiger partial charge in [0.1, 0.15) is 12.6 Å². The first kappa shape index (κ1) is 25.3. The van der Waals surface area contributed by atoms with Gasteiger partial charge in [-0.3, -0.25) is 13.8 Å². The third-order valence-corrected chi connectivity index (χ3v) is 7.36. The molecule has 0 radical (unpaired) electrons. The van der Waals surface area contributed by atoms with E-state index in [9.17, 15) is 23.4 Å². The quantitative estimate of drug-likeness (QED) is 0.442. The molecule has 1 N–H and O–H groups in total. The molecule has 1 unspecified atom stereocenters. The molecule has 2 aliphatic rings. The van der Waals surface area contributed by atoms with Crippen molar-refractivity contribution >= 4 is 34.7 Å². The van der Waals surface area contributed by atoms with Crippen LogP contribution in [0.4, 0.5) is 4.79 Å². The van der Waals surface area contributed by atoms with E-state index in [1.165, 1.54) is 18.4 Å². The van der Waals surface area contributed by atoms with Crippen LogP contribution in [0.3, 0.4) is 0 Å². The van der Waals surface area contributed by atoms with Crippen LogP contribution in [0.15, 0.2) is 72.8 Å². The molecule has 38 heavy (non-hydrogen) atoms. The number of amides is 3. The number of hydrogen-bond acceptors (Lipinski definition) is 7. The lowest BCUT2D eigenvalue weighted by Gasteiger charge is -2.20. The monoisotopic (exact) mass is 532 g/mol. The van der Waals surface area contributed by atoms with Crippen molar-refractivity contribution in [2.75, 3.05) is 18.6 Å². The number of hydrogen-bond donors (Lipinski definition) is 1. The van der Waals surface area contributed by atoms with E-state index in [4.69, 9.17) is 9.57 Å². The number of benzene rings is 3. The van der Waals surface area contributed by atoms with Crippen molar-refractivity contribution < 1.29 is 33.0 Å². The molecule has 0 fully saturated rings. The molecule has 1 heterocycles. The Kier molecular flexibility index (Phi) is 7.06. The lowest BCUT2D eigenvalue weighted by Crippen LogP contribution is -2.46. The topological polar surface area (TPSA) is 119 Å². The van der Waals surface area contributed by atoms with Crippen LogP contribution in [0, 0.1) is 0 Å². The molecule has 1 aliphatic heterocycles. The van der Waals surface area contributed by atoms with Crippen LogP contribution >= 0.6 is 0 Å². The Balaban J connectivity index is 1.26. The molecule has 3 amide bonds. The number of carbonyl (C=O) groups is 4. The number of alkyl carbamates (subject to hydrolysis) is 1. The number of hydroxylamine groups is 2. The zero-order valence-electron chi connectivity index (χ0n) is 20.4. The second-order valence-corrected chi connectivity index (χ2v) is 10.5. The maximum atomic E-state index is 12.9. The van der Waals surface area contributed by atoms with Crippen LogP contribution in [0.5, 0.6) is 0 Å². The van der Waals surface area contributed by atoms with E-state index in [1.807, 2.05) is 48.5 Å². The summed E-state index contributed by atoms with van der Waals surface area (Å²) in [5.74, 6) is -2.71. The lowest BCUT2D eigenvalue weighted by atomic mass is 9.98. The molecule has 0 saturated heterocycles. The van der Waals surface area contributed by atoms with Crippen LogP contribution in [-0.2, 0) is 25.2 Å². The van der Waals surface area contributed by atoms with E-state index >= 15 is 0 Å². The van der Waals surface area contributed by atoms with Gasteiger partial charge >= 0.3 is 12.1 Å². The highest BCUT2D eigenvalue weighted by molar-refractivity contribution is 7.84. The number of nitrogens with one attached hydrogen (secondary N) is 1. The van der Waals surface area contributed by atoms with E-state index in [0.717, 1.165) is 22.3 Å². The molecule has 3 aromatic carbocycles. The number of rotatable bonds is 8. The van der Waals surface area contributed by atoms with Gasteiger partial charge in [-0.1, -0.05) is 65.7 Å². The molecule has 10 heteroatoms. The fourth-order valence-corrected chi connectivity index (χ4v) is 5.29. The zero-order chi connectivity index (χ0) is 26.8. The van der Waals surface area contributed by atoms with Gasteiger partial charge < -0.3 is 14.9 Å². The fourth-order valence-electron chi connectivity index (χ4n) is 4.72. The Hall–Kier alpha value is -4.31. The van der Waals surface area contributed by atoms with Crippen molar-refractivity contribution in [2.45, 2.75) is 18.4 Å². The van der Waals surface area contributed by atoms with Gasteiger partial charge in [0.15, 0.2) is 0 Å². The van der Waals surface area contributed by atoms with Gasteiger partial charge in [0.2, 0.25) is 0 Å². The number of nitrogens with zero attached hydrogens (tertiary/aromatic N) is 1. The smallest absolute Gasteiger partial charge is 0.407 e. The Morgan fingerprint density at radius 2 is 1.37 bits per heavy atom. The summed E-state index contributed by atoms with van der Waals surface area (Å²) < 4.78 is 17.2. The van der Waals surface area contributed by atoms with Gasteiger partial charge in [0.05, 0.1) is 11.1 Å². The standard InChI is InChI=1S/C28H24N2O7S/c1-38(35)15-14-24(27(33)37-30-25(31)21-12-6-7-13-22(21)26(30)32)29-28(34)36-16-23-19-10-4-2-8-17(19)18-9-3-5-11-20(18)23/h2-13,23-24H,14-16H2,1H3,(H,29,34)/t24-,38?/m0/s1. The van der Waals surface area contributed by atoms with Gasteiger partial charge in [-0.15, -0.1) is 0 Å². The first-order valence-corrected chi connectivity index (χ1v) is 13.7. The second kappa shape index (κ2) is 10.6. The summed E-state index contributed by atoms with van der Waals surface area (Å²) in [6.45, 7) is 0.0275. The molecule has 194 valence electrons. The largest absolute Gasteiger partial charge is 0.449 e. The molecule has 3 aromatic rings. The van der Waals surface area contributed by atoms with Crippen LogP contribution in [0.25, 0.3) is 11.1 Å². The molecule has 1 aliphatic carbocycles. The van der Waals surface area contributed by atoms with Crippen molar-refractivity contribution in [3.63, 3.8) is 0 Å². The van der Waals surface area contributed by atoms with Crippen molar-refractivity contribution in [1.29, 1.82) is 0 Å². The van der Waals surface area contributed by atoms with Gasteiger partial charge in [0.25, 0.3) is 11.8 Å². The third-order valence-electron chi connectivity index (χ3n) is 6.55. The molecule has 0 saturated carbocycles. The highest BCUT2D eigenvalue weighted by atomic mass is 32.2. The summed E-state index contributed by atoms with van der Waals surface area (Å²) >= 11 is 0. The number of fused-ring (bicyclic) bond motifs is 4. The molecular weight excluding hydrogens is 508 g/mol. The van der Waals surface area contributed by atoms with Gasteiger partial charge in [-0.25, -0.2) is 9.59 Å². The van der Waals surface area contributed by atoms with Crippen molar-refractivity contribution in [2.24, 2.45) is 0 Å². The van der Waals surface area contributed by atoms with Gasteiger partial charge in [0, 0.05) is 28.7 Å². The second-order valence-electron chi connectivity index (χ2n) is 8.95. The molecule has 0 bridgehead atoms. The zero-order valence-corrected chi connectivity index (χ0v) is 21.2. The Morgan fingerprint density at radius 3 is 1.89 bits per heavy atom. The van der Waals surface area contributed by atoms with E-state index in [0.29, 0.717) is 5.06 Å². The van der Waals surface area contributed by atoms with Crippen LogP contribution < -0.4 is 5.32 Å². The predicted octanol–water partition coefficient (Wildman–Crippen LogP) is 3.42. The minimum atomic E-state index is -1.29. The number of imide groups is 1. The average molecular weight is 533 g/mol. The minimum Gasteiger partial charge on any atom is -0.449 e. The first-order chi connectivity index (χ1) is 18.3. The number of carbonyl (C=O) groups excluding carboxylic acids is 4. The average Bonchev–Trinajstić information content (AvgIpc) is 3.37. The molecule has 2 atom stereocenters. The molecule has 5 rings (SSSR count). The third kappa shape index (κ3) is 4.82. The summed E-state index contributed by atoms with van der Waals surface area (Å²) in [5, 5.41) is 2.83. The summed E-state index contributed by atoms with van der Waals surface area (Å²) in [5.41, 5.74) is 4.44. The lowest BCUT2D eigenvalue weighted by molar-refractivity contribution is -0.171. The van der Waals surface area contributed by atoms with Crippen LogP contribution in [0.1, 0.15) is 44.2 Å². The van der Waals surface area contributed by atoms with E-state index < -0.39 is 40.7 Å². The number of ether oxygens (including phenoxy) is 1. The van der Waals surface area contributed by atoms with E-state index in [1.54, 1.807) is 12.1 Å². The van der Waals surface area contributed by atoms with Gasteiger partial charge in [-0.2, -0.15) is 0 Å². The highest BCUT2D eigenvalue weighted by Gasteiger charge is 2.40. The maximum Gasteiger partial charge on any atom is 0.407 e. The van der Waals surface area contributed by atoms with E-state index in [2.05, 4.69) is 5.32 Å². The van der Waals surface area contributed by atoms with E-state index in [-0.39, 0.29) is 35.8 Å². The SMILES string of the molecule is CS(=O)CC[C@H](NC(=O)OCC1c2ccccc2-c2ccccc21)C(=O)ON1C(=O)c2ccccc2C1=O. The van der Waals surface area contributed by atoms with Crippen LogP contribution in [0.2, 0.25) is 0 Å².